The van der Waals surface area contributed by atoms with Crippen LogP contribution >= 0.6 is 0 Å². The van der Waals surface area contributed by atoms with Crippen LogP contribution in [0.15, 0.2) is 12.1 Å². The summed E-state index contributed by atoms with van der Waals surface area (Å²) >= 11 is 0. The molecule has 6 heteroatoms. The highest BCUT2D eigenvalue weighted by Gasteiger charge is 2.44. The first-order chi connectivity index (χ1) is 7.49. The molecule has 2 heterocycles. The summed E-state index contributed by atoms with van der Waals surface area (Å²) in [7, 11) is 0. The molecule has 1 aliphatic rings. The molecule has 1 saturated heterocycles. The van der Waals surface area contributed by atoms with Gasteiger partial charge in [-0.2, -0.15) is 5.10 Å². The van der Waals surface area contributed by atoms with Gasteiger partial charge in [0.25, 0.3) is 5.92 Å². The highest BCUT2D eigenvalue weighted by Crippen LogP contribution is 2.29. The summed E-state index contributed by atoms with van der Waals surface area (Å²) in [6.45, 7) is 1.64. The predicted molar refractivity (Wildman–Crippen MR) is 54.6 cm³/mol. The lowest BCUT2D eigenvalue weighted by Crippen LogP contribution is -2.51. The van der Waals surface area contributed by atoms with Crippen molar-refractivity contribution < 1.29 is 13.9 Å². The van der Waals surface area contributed by atoms with Gasteiger partial charge in [-0.25, -0.2) is 8.78 Å². The van der Waals surface area contributed by atoms with Gasteiger partial charge in [-0.15, -0.1) is 5.10 Å². The Kier molecular flexibility index (Phi) is 2.75. The van der Waals surface area contributed by atoms with Gasteiger partial charge >= 0.3 is 0 Å². The SMILES string of the molecule is Cc1ccc(N2CCC(O)C(F)(F)C2)nn1. The number of hydrogen-bond acceptors (Lipinski definition) is 4. The number of aromatic nitrogens is 2. The average Bonchev–Trinajstić information content (AvgIpc) is 2.23. The third-order valence-electron chi connectivity index (χ3n) is 2.67. The Labute approximate surface area is 91.9 Å². The highest BCUT2D eigenvalue weighted by atomic mass is 19.3. The van der Waals surface area contributed by atoms with E-state index in [0.717, 1.165) is 5.69 Å². The molecule has 1 unspecified atom stereocenters. The third-order valence-corrected chi connectivity index (χ3v) is 2.67. The van der Waals surface area contributed by atoms with E-state index < -0.39 is 18.6 Å². The van der Waals surface area contributed by atoms with Crippen molar-refractivity contribution in [3.8, 4) is 0 Å². The van der Waals surface area contributed by atoms with Gasteiger partial charge in [-0.05, 0) is 25.5 Å². The van der Waals surface area contributed by atoms with Crippen molar-refractivity contribution in [2.45, 2.75) is 25.4 Å². The van der Waals surface area contributed by atoms with Crippen LogP contribution in [0.1, 0.15) is 12.1 Å². The number of aliphatic hydroxyl groups excluding tert-OH is 1. The lowest BCUT2D eigenvalue weighted by atomic mass is 10.0. The Balaban J connectivity index is 2.14. The van der Waals surface area contributed by atoms with Crippen LogP contribution in [-0.4, -0.2) is 40.4 Å². The maximum absolute atomic E-state index is 13.3. The molecule has 0 aliphatic carbocycles. The number of alkyl halides is 2. The van der Waals surface area contributed by atoms with Gasteiger partial charge in [-0.3, -0.25) is 0 Å². The zero-order chi connectivity index (χ0) is 11.8. The molecule has 0 spiro atoms. The number of anilines is 1. The molecule has 4 nitrogen and oxygen atoms in total. The molecule has 1 fully saturated rings. The fourth-order valence-electron chi connectivity index (χ4n) is 1.68. The van der Waals surface area contributed by atoms with E-state index in [4.69, 9.17) is 5.11 Å². The first kappa shape index (κ1) is 11.2. The lowest BCUT2D eigenvalue weighted by Gasteiger charge is -2.36. The number of piperidine rings is 1. The Hall–Kier alpha value is -1.30. The Bertz CT molecular complexity index is 369. The maximum Gasteiger partial charge on any atom is 0.290 e. The van der Waals surface area contributed by atoms with Crippen molar-refractivity contribution in [1.82, 2.24) is 10.2 Å². The van der Waals surface area contributed by atoms with Crippen LogP contribution in [0.25, 0.3) is 0 Å². The second kappa shape index (κ2) is 3.93. The molecule has 1 aromatic heterocycles. The van der Waals surface area contributed by atoms with Crippen molar-refractivity contribution in [2.75, 3.05) is 18.0 Å². The van der Waals surface area contributed by atoms with Crippen molar-refractivity contribution >= 4 is 5.82 Å². The second-order valence-electron chi connectivity index (χ2n) is 4.02. The normalized spacial score (nSPS) is 24.5. The summed E-state index contributed by atoms with van der Waals surface area (Å²) < 4.78 is 26.5. The van der Waals surface area contributed by atoms with Gasteiger partial charge in [0, 0.05) is 6.54 Å². The van der Waals surface area contributed by atoms with Crippen LogP contribution in [0.4, 0.5) is 14.6 Å². The second-order valence-corrected chi connectivity index (χ2v) is 4.02. The van der Waals surface area contributed by atoms with E-state index >= 15 is 0 Å². The fraction of sp³-hybridized carbons (Fsp3) is 0.600. The number of aliphatic hydroxyl groups is 1. The summed E-state index contributed by atoms with van der Waals surface area (Å²) in [4.78, 5) is 1.44. The zero-order valence-corrected chi connectivity index (χ0v) is 8.90. The molecule has 0 radical (unpaired) electrons. The Morgan fingerprint density at radius 3 is 2.75 bits per heavy atom. The zero-order valence-electron chi connectivity index (χ0n) is 8.90. The van der Waals surface area contributed by atoms with Gasteiger partial charge in [0.1, 0.15) is 6.10 Å². The van der Waals surface area contributed by atoms with E-state index in [1.807, 2.05) is 0 Å². The molecule has 88 valence electrons. The van der Waals surface area contributed by atoms with Crippen molar-refractivity contribution in [2.24, 2.45) is 0 Å². The number of halogens is 2. The minimum Gasteiger partial charge on any atom is -0.387 e. The molecule has 2 rings (SSSR count). The molecule has 0 aromatic carbocycles. The summed E-state index contributed by atoms with van der Waals surface area (Å²) in [6.07, 6.45) is -1.51. The summed E-state index contributed by atoms with van der Waals surface area (Å²) in [5.74, 6) is -2.65. The molecule has 1 atom stereocenters. The monoisotopic (exact) mass is 229 g/mol. The van der Waals surface area contributed by atoms with Crippen molar-refractivity contribution in [3.05, 3.63) is 17.8 Å². The first-order valence-corrected chi connectivity index (χ1v) is 5.10. The van der Waals surface area contributed by atoms with E-state index in [1.54, 1.807) is 19.1 Å². The average molecular weight is 229 g/mol. The van der Waals surface area contributed by atoms with Crippen LogP contribution in [0.5, 0.6) is 0 Å². The van der Waals surface area contributed by atoms with Crippen LogP contribution in [-0.2, 0) is 0 Å². The highest BCUT2D eigenvalue weighted by molar-refractivity contribution is 5.38. The maximum atomic E-state index is 13.3. The van der Waals surface area contributed by atoms with E-state index in [0.29, 0.717) is 12.4 Å². The summed E-state index contributed by atoms with van der Waals surface area (Å²) in [5.41, 5.74) is 0.743. The fourth-order valence-corrected chi connectivity index (χ4v) is 1.68. The predicted octanol–water partition coefficient (Wildman–Crippen LogP) is 0.991. The standard InChI is InChI=1S/C10H13F2N3O/c1-7-2-3-9(14-13-7)15-5-4-8(16)10(11,12)6-15/h2-3,8,16H,4-6H2,1H3. The molecule has 1 aliphatic heterocycles. The van der Waals surface area contributed by atoms with Gasteiger partial charge in [-0.1, -0.05) is 0 Å². The van der Waals surface area contributed by atoms with E-state index in [-0.39, 0.29) is 6.42 Å². The van der Waals surface area contributed by atoms with Gasteiger partial charge in [0.15, 0.2) is 5.82 Å². The molecule has 16 heavy (non-hydrogen) atoms. The van der Waals surface area contributed by atoms with Crippen LogP contribution < -0.4 is 4.90 Å². The van der Waals surface area contributed by atoms with Crippen LogP contribution in [0, 0.1) is 6.92 Å². The molecule has 1 N–H and O–H groups in total. The lowest BCUT2D eigenvalue weighted by molar-refractivity contribution is -0.113. The van der Waals surface area contributed by atoms with Gasteiger partial charge in [0.2, 0.25) is 0 Å². The molecular formula is C10H13F2N3O. The number of nitrogens with zero attached hydrogens (tertiary/aromatic N) is 3. The number of aryl methyl sites for hydroxylation is 1. The van der Waals surface area contributed by atoms with Gasteiger partial charge < -0.3 is 10.0 Å². The smallest absolute Gasteiger partial charge is 0.290 e. The molecule has 1 aromatic rings. The Morgan fingerprint density at radius 2 is 2.19 bits per heavy atom. The van der Waals surface area contributed by atoms with Gasteiger partial charge in [0.05, 0.1) is 12.2 Å². The molecular weight excluding hydrogens is 216 g/mol. The van der Waals surface area contributed by atoms with E-state index in [9.17, 15) is 8.78 Å². The Morgan fingerprint density at radius 1 is 1.44 bits per heavy atom. The topological polar surface area (TPSA) is 49.2 Å². The molecule has 0 bridgehead atoms. The third kappa shape index (κ3) is 2.11. The summed E-state index contributed by atoms with van der Waals surface area (Å²) in [6, 6.07) is 3.39. The summed E-state index contributed by atoms with van der Waals surface area (Å²) in [5, 5.41) is 16.8. The number of rotatable bonds is 1. The number of hydrogen-bond donors (Lipinski definition) is 1. The molecule has 0 amide bonds. The minimum absolute atomic E-state index is 0.0442. The molecule has 0 saturated carbocycles. The van der Waals surface area contributed by atoms with Crippen LogP contribution in [0.2, 0.25) is 0 Å². The largest absolute Gasteiger partial charge is 0.387 e. The van der Waals surface area contributed by atoms with E-state index in [1.165, 1.54) is 4.90 Å². The van der Waals surface area contributed by atoms with E-state index in [2.05, 4.69) is 10.2 Å². The van der Waals surface area contributed by atoms with Crippen LogP contribution in [0.3, 0.4) is 0 Å². The minimum atomic E-state index is -3.08. The quantitative estimate of drug-likeness (QED) is 0.780. The first-order valence-electron chi connectivity index (χ1n) is 5.10. The van der Waals surface area contributed by atoms with Crippen molar-refractivity contribution in [3.63, 3.8) is 0 Å². The van der Waals surface area contributed by atoms with Crippen molar-refractivity contribution in [1.29, 1.82) is 0 Å².